The molecule has 2 N–H and O–H groups in total. The van der Waals surface area contributed by atoms with Crippen LogP contribution in [0.4, 0.5) is 9.80 Å². The Morgan fingerprint density at radius 1 is 1.22 bits per heavy atom. The number of carbonyl (C=O) groups excluding carboxylic acids is 3. The van der Waals surface area contributed by atoms with Gasteiger partial charge in [0, 0.05) is 50.3 Å². The van der Waals surface area contributed by atoms with Gasteiger partial charge in [-0.2, -0.15) is 0 Å². The zero-order valence-electron chi connectivity index (χ0n) is 21.7. The number of thiophene rings is 1. The summed E-state index contributed by atoms with van der Waals surface area (Å²) in [6.45, 7) is 9.78. The first-order chi connectivity index (χ1) is 17.9. The number of nitrogens with one attached hydrogen (secondary N) is 2. The second kappa shape index (κ2) is 10.4. The van der Waals surface area contributed by atoms with Crippen molar-refractivity contribution in [3.8, 4) is 0 Å². The number of aliphatic imine (C=N–C) groups is 1. The Balaban J connectivity index is 1.28. The third-order valence-corrected chi connectivity index (χ3v) is 8.77. The fourth-order valence-corrected chi connectivity index (χ4v) is 7.00. The monoisotopic (exact) mass is 525 g/mol. The zero-order chi connectivity index (χ0) is 26.2. The van der Waals surface area contributed by atoms with Crippen LogP contribution in [0.5, 0.6) is 0 Å². The van der Waals surface area contributed by atoms with Crippen LogP contribution >= 0.6 is 11.3 Å². The first kappa shape index (κ1) is 25.6. The van der Waals surface area contributed by atoms with E-state index >= 15 is 0 Å². The molecule has 1 unspecified atom stereocenters. The Kier molecular flexibility index (Phi) is 7.17. The van der Waals surface area contributed by atoms with Gasteiger partial charge in [-0.3, -0.25) is 29.7 Å². The molecule has 1 spiro atoms. The van der Waals surface area contributed by atoms with Gasteiger partial charge in [0.15, 0.2) is 5.54 Å². The molecular weight excluding hydrogens is 490 g/mol. The molecule has 0 radical (unpaired) electrons. The van der Waals surface area contributed by atoms with Gasteiger partial charge in [0.1, 0.15) is 15.7 Å². The number of hydrogen-bond donors (Lipinski definition) is 2. The number of aromatic nitrogens is 1. The smallest absolute Gasteiger partial charge is 0.319 e. The molecule has 2 aromatic rings. The maximum absolute atomic E-state index is 13.7. The number of hydrogen-bond acceptors (Lipinski definition) is 7. The van der Waals surface area contributed by atoms with Crippen molar-refractivity contribution in [1.29, 1.82) is 0 Å². The number of fused-ring (bicyclic) bond motifs is 1. The number of carbonyl (C=O) groups is 3. The number of likely N-dealkylation sites (tertiary alicyclic amines) is 2. The van der Waals surface area contributed by atoms with Crippen LogP contribution in [0, 0.1) is 0 Å². The Labute approximate surface area is 221 Å². The summed E-state index contributed by atoms with van der Waals surface area (Å²) >= 11 is 1.32. The maximum atomic E-state index is 13.7. The van der Waals surface area contributed by atoms with Gasteiger partial charge < -0.3 is 10.2 Å². The molecule has 2 saturated heterocycles. The molecule has 11 heteroatoms. The van der Waals surface area contributed by atoms with E-state index in [1.54, 1.807) is 11.1 Å². The predicted octanol–water partition coefficient (Wildman–Crippen LogP) is 3.16. The van der Waals surface area contributed by atoms with Crippen molar-refractivity contribution < 1.29 is 14.4 Å². The predicted molar refractivity (Wildman–Crippen MR) is 145 cm³/mol. The van der Waals surface area contributed by atoms with Gasteiger partial charge in [0.05, 0.1) is 5.56 Å². The van der Waals surface area contributed by atoms with Crippen LogP contribution in [0.2, 0.25) is 0 Å². The van der Waals surface area contributed by atoms with Crippen molar-refractivity contribution in [1.82, 2.24) is 25.0 Å². The highest BCUT2D eigenvalue weighted by atomic mass is 32.1. The lowest BCUT2D eigenvalue weighted by atomic mass is 9.87. The summed E-state index contributed by atoms with van der Waals surface area (Å²) in [4.78, 5) is 55.2. The number of amides is 4. The van der Waals surface area contributed by atoms with Gasteiger partial charge in [0.25, 0.3) is 11.8 Å². The molecule has 10 nitrogen and oxygen atoms in total. The van der Waals surface area contributed by atoms with Crippen LogP contribution in [0.3, 0.4) is 0 Å². The lowest BCUT2D eigenvalue weighted by Crippen LogP contribution is -2.57. The molecule has 2 fully saturated rings. The minimum Gasteiger partial charge on any atom is -0.338 e. The molecular formula is C26H35N7O3S. The van der Waals surface area contributed by atoms with E-state index < -0.39 is 5.54 Å². The van der Waals surface area contributed by atoms with E-state index in [0.29, 0.717) is 49.3 Å². The highest BCUT2D eigenvalue weighted by Gasteiger charge is 2.50. The van der Waals surface area contributed by atoms with E-state index in [1.165, 1.54) is 11.3 Å². The molecule has 1 atom stereocenters. The van der Waals surface area contributed by atoms with E-state index in [9.17, 15) is 14.4 Å². The largest absolute Gasteiger partial charge is 0.338 e. The number of likely N-dealkylation sites (N-methyl/N-ethyl adjacent to an activating group) is 1. The summed E-state index contributed by atoms with van der Waals surface area (Å²) in [5.74, 6) is 0.878. The average Bonchev–Trinajstić information content (AvgIpc) is 3.36. The lowest BCUT2D eigenvalue weighted by Gasteiger charge is -2.44. The average molecular weight is 526 g/mol. The second-order valence-electron chi connectivity index (χ2n) is 9.98. The molecule has 0 bridgehead atoms. The summed E-state index contributed by atoms with van der Waals surface area (Å²) in [5, 5.41) is 6.87. The first-order valence-corrected chi connectivity index (χ1v) is 14.0. The Morgan fingerprint density at radius 3 is 2.70 bits per heavy atom. The van der Waals surface area contributed by atoms with E-state index in [0.717, 1.165) is 48.3 Å². The summed E-state index contributed by atoms with van der Waals surface area (Å²) in [6.07, 6.45) is 5.13. The van der Waals surface area contributed by atoms with Crippen molar-refractivity contribution in [2.45, 2.75) is 58.0 Å². The van der Waals surface area contributed by atoms with Crippen LogP contribution in [-0.2, 0) is 4.79 Å². The number of pyridine rings is 1. The third-order valence-electron chi connectivity index (χ3n) is 7.74. The summed E-state index contributed by atoms with van der Waals surface area (Å²) in [5.41, 5.74) is -0.135. The third kappa shape index (κ3) is 4.70. The summed E-state index contributed by atoms with van der Waals surface area (Å²) < 4.78 is 0. The minimum absolute atomic E-state index is 0.0793. The van der Waals surface area contributed by atoms with Gasteiger partial charge >= 0.3 is 6.03 Å². The molecule has 0 aromatic carbocycles. The standard InChI is InChI=1S/C26H35N7O3S/c1-4-27-25(36)29-22-20(19-8-6-12-28-21(19)37-22)23(34)31-14-9-18(10-15-31)32-13-7-11-26(16-32)24(35)33(5-2)17(3)30-26/h6,8,12,18H,4-5,7,9-11,13-16H2,1-3H3,(H2,27,29,36). The number of urea groups is 1. The molecule has 0 aliphatic carbocycles. The lowest BCUT2D eigenvalue weighted by molar-refractivity contribution is -0.133. The van der Waals surface area contributed by atoms with Gasteiger partial charge in [-0.25, -0.2) is 9.78 Å². The summed E-state index contributed by atoms with van der Waals surface area (Å²) in [6, 6.07) is 3.68. The van der Waals surface area contributed by atoms with Crippen LogP contribution in [0.25, 0.3) is 10.2 Å². The number of nitrogens with zero attached hydrogens (tertiary/aromatic N) is 5. The quantitative estimate of drug-likeness (QED) is 0.623. The molecule has 5 rings (SSSR count). The van der Waals surface area contributed by atoms with Gasteiger partial charge in [-0.1, -0.05) is 11.3 Å². The maximum Gasteiger partial charge on any atom is 0.319 e. The Bertz CT molecular complexity index is 1240. The van der Waals surface area contributed by atoms with Crippen LogP contribution < -0.4 is 10.6 Å². The fraction of sp³-hybridized carbons (Fsp3) is 0.577. The number of anilines is 1. The molecule has 37 heavy (non-hydrogen) atoms. The number of amidine groups is 1. The van der Waals surface area contributed by atoms with Crippen LogP contribution in [-0.4, -0.2) is 94.2 Å². The van der Waals surface area contributed by atoms with Crippen molar-refractivity contribution in [2.24, 2.45) is 4.99 Å². The Morgan fingerprint density at radius 2 is 2.00 bits per heavy atom. The number of rotatable bonds is 5. The van der Waals surface area contributed by atoms with Gasteiger partial charge in [-0.15, -0.1) is 0 Å². The number of piperidine rings is 2. The van der Waals surface area contributed by atoms with Crippen LogP contribution in [0.1, 0.15) is 56.8 Å². The van der Waals surface area contributed by atoms with E-state index in [1.807, 2.05) is 37.8 Å². The van der Waals surface area contributed by atoms with Crippen molar-refractivity contribution >= 4 is 50.2 Å². The van der Waals surface area contributed by atoms with E-state index in [-0.39, 0.29) is 17.8 Å². The van der Waals surface area contributed by atoms with Crippen molar-refractivity contribution in [3.63, 3.8) is 0 Å². The molecule has 3 aliphatic heterocycles. The highest BCUT2D eigenvalue weighted by molar-refractivity contribution is 7.23. The molecule has 0 saturated carbocycles. The molecule has 198 valence electrons. The van der Waals surface area contributed by atoms with Crippen molar-refractivity contribution in [2.75, 3.05) is 44.6 Å². The van der Waals surface area contributed by atoms with E-state index in [2.05, 4.69) is 20.5 Å². The summed E-state index contributed by atoms with van der Waals surface area (Å²) in [7, 11) is 0. The minimum atomic E-state index is -0.645. The highest BCUT2D eigenvalue weighted by Crippen LogP contribution is 2.37. The molecule has 2 aromatic heterocycles. The SMILES string of the molecule is CCNC(=O)Nc1sc2ncccc2c1C(=O)N1CCC(N2CCCC3(C2)N=C(C)N(CC)C3=O)CC1. The normalized spacial score (nSPS) is 23.1. The molecule has 5 heterocycles. The van der Waals surface area contributed by atoms with Gasteiger partial charge in [0.2, 0.25) is 0 Å². The van der Waals surface area contributed by atoms with Crippen molar-refractivity contribution in [3.05, 3.63) is 23.9 Å². The molecule has 3 aliphatic rings. The van der Waals surface area contributed by atoms with E-state index in [4.69, 9.17) is 4.99 Å². The zero-order valence-corrected chi connectivity index (χ0v) is 22.6. The fourth-order valence-electron chi connectivity index (χ4n) is 5.97. The van der Waals surface area contributed by atoms with Crippen LogP contribution in [0.15, 0.2) is 23.3 Å². The molecule has 4 amide bonds. The second-order valence-corrected chi connectivity index (χ2v) is 11.0. The Hall–Kier alpha value is -3.05. The van der Waals surface area contributed by atoms with Gasteiger partial charge in [-0.05, 0) is 65.1 Å². The first-order valence-electron chi connectivity index (χ1n) is 13.2. The topological polar surface area (TPSA) is 110 Å².